The molecule has 3 fully saturated rings. The quantitative estimate of drug-likeness (QED) is 0.720. The molecule has 5 nitrogen and oxygen atoms in total. The number of carboxylic acid groups (broad SMARTS) is 1. The van der Waals surface area contributed by atoms with Crippen LogP contribution in [0.5, 0.6) is 0 Å². The van der Waals surface area contributed by atoms with E-state index >= 15 is 0 Å². The molecule has 6 atom stereocenters. The van der Waals surface area contributed by atoms with Crippen molar-refractivity contribution in [3.63, 3.8) is 0 Å². The van der Waals surface area contributed by atoms with Crippen LogP contribution >= 0.6 is 0 Å². The molecule has 3 aliphatic rings. The summed E-state index contributed by atoms with van der Waals surface area (Å²) in [4.78, 5) is 22.7. The number of hydrogen-bond donors (Lipinski definition) is 3. The van der Waals surface area contributed by atoms with E-state index in [0.717, 1.165) is 11.8 Å². The SMILES string of the molecule is CC(NC(=O)NC1C2C3CCC(C3)C12)C(C)C(=O)O. The third-order valence-electron chi connectivity index (χ3n) is 5.53. The Labute approximate surface area is 113 Å². The highest BCUT2D eigenvalue weighted by Gasteiger charge is 2.65. The minimum atomic E-state index is -0.880. The standard InChI is InChI=1S/C14H22N2O3/c1-6(13(17)18)7(2)15-14(19)16-12-10-8-3-4-9(5-8)11(10)12/h6-12H,3-5H2,1-2H3,(H,17,18)(H2,15,16,19). The topological polar surface area (TPSA) is 78.4 Å². The van der Waals surface area contributed by atoms with Crippen molar-refractivity contribution < 1.29 is 14.7 Å². The Morgan fingerprint density at radius 2 is 1.74 bits per heavy atom. The van der Waals surface area contributed by atoms with E-state index in [1.54, 1.807) is 13.8 Å². The average Bonchev–Trinajstić information content (AvgIpc) is 2.74. The molecule has 6 unspecified atom stereocenters. The molecule has 0 aliphatic heterocycles. The van der Waals surface area contributed by atoms with Crippen LogP contribution in [0.25, 0.3) is 0 Å². The number of carbonyl (C=O) groups excluding carboxylic acids is 1. The average molecular weight is 266 g/mol. The van der Waals surface area contributed by atoms with Crippen LogP contribution in [0, 0.1) is 29.6 Å². The van der Waals surface area contributed by atoms with Crippen LogP contribution < -0.4 is 10.6 Å². The summed E-state index contributed by atoms with van der Waals surface area (Å²) in [5.41, 5.74) is 0. The van der Waals surface area contributed by atoms with Gasteiger partial charge in [0.1, 0.15) is 0 Å². The van der Waals surface area contributed by atoms with Gasteiger partial charge in [-0.3, -0.25) is 4.79 Å². The number of carboxylic acids is 1. The van der Waals surface area contributed by atoms with Crippen LogP contribution in [0.1, 0.15) is 33.1 Å². The first-order chi connectivity index (χ1) is 8.99. The van der Waals surface area contributed by atoms with Gasteiger partial charge in [-0.1, -0.05) is 0 Å². The first-order valence-corrected chi connectivity index (χ1v) is 7.29. The molecule has 3 N–H and O–H groups in total. The zero-order chi connectivity index (χ0) is 13.7. The normalized spacial score (nSPS) is 41.3. The molecule has 3 rings (SSSR count). The second kappa shape index (κ2) is 4.39. The maximum atomic E-state index is 11.9. The van der Waals surface area contributed by atoms with Crippen molar-refractivity contribution in [1.29, 1.82) is 0 Å². The molecule has 3 saturated carbocycles. The fourth-order valence-corrected chi connectivity index (χ4v) is 4.26. The van der Waals surface area contributed by atoms with Gasteiger partial charge in [0.05, 0.1) is 5.92 Å². The van der Waals surface area contributed by atoms with E-state index in [9.17, 15) is 9.59 Å². The van der Waals surface area contributed by atoms with Crippen molar-refractivity contribution in [1.82, 2.24) is 10.6 Å². The summed E-state index contributed by atoms with van der Waals surface area (Å²) in [6.07, 6.45) is 4.03. The van der Waals surface area contributed by atoms with Crippen LogP contribution in [0.2, 0.25) is 0 Å². The van der Waals surface area contributed by atoms with E-state index in [4.69, 9.17) is 5.11 Å². The number of hydrogen-bond acceptors (Lipinski definition) is 2. The number of rotatable bonds is 4. The Hall–Kier alpha value is -1.26. The minimum Gasteiger partial charge on any atom is -0.481 e. The van der Waals surface area contributed by atoms with E-state index in [1.807, 2.05) is 0 Å². The predicted molar refractivity (Wildman–Crippen MR) is 69.5 cm³/mol. The summed E-state index contributed by atoms with van der Waals surface area (Å²) >= 11 is 0. The van der Waals surface area contributed by atoms with Crippen molar-refractivity contribution >= 4 is 12.0 Å². The summed E-state index contributed by atoms with van der Waals surface area (Å²) in [6.45, 7) is 3.34. The summed E-state index contributed by atoms with van der Waals surface area (Å²) in [7, 11) is 0. The van der Waals surface area contributed by atoms with Gasteiger partial charge in [0.2, 0.25) is 0 Å². The summed E-state index contributed by atoms with van der Waals surface area (Å²) in [5.74, 6) is 1.62. The molecule has 0 saturated heterocycles. The van der Waals surface area contributed by atoms with Gasteiger partial charge in [-0.05, 0) is 56.8 Å². The van der Waals surface area contributed by atoms with E-state index in [1.165, 1.54) is 19.3 Å². The van der Waals surface area contributed by atoms with Crippen molar-refractivity contribution in [2.75, 3.05) is 0 Å². The van der Waals surface area contributed by atoms with Crippen molar-refractivity contribution in [3.8, 4) is 0 Å². The van der Waals surface area contributed by atoms with Crippen LogP contribution in [0.3, 0.4) is 0 Å². The lowest BCUT2D eigenvalue weighted by atomic mass is 10.0. The molecule has 2 amide bonds. The largest absolute Gasteiger partial charge is 0.481 e. The van der Waals surface area contributed by atoms with Gasteiger partial charge in [-0.15, -0.1) is 0 Å². The van der Waals surface area contributed by atoms with Gasteiger partial charge < -0.3 is 15.7 Å². The summed E-state index contributed by atoms with van der Waals surface area (Å²) in [5, 5.41) is 14.7. The lowest BCUT2D eigenvalue weighted by Gasteiger charge is -2.19. The van der Waals surface area contributed by atoms with Crippen molar-refractivity contribution in [2.24, 2.45) is 29.6 Å². The first kappa shape index (κ1) is 12.8. The van der Waals surface area contributed by atoms with Crippen molar-refractivity contribution in [2.45, 2.75) is 45.2 Å². The molecule has 0 heterocycles. The van der Waals surface area contributed by atoms with Crippen LogP contribution in [0.4, 0.5) is 4.79 Å². The van der Waals surface area contributed by atoms with Gasteiger partial charge in [0.25, 0.3) is 0 Å². The fraction of sp³-hybridized carbons (Fsp3) is 0.857. The number of nitrogens with one attached hydrogen (secondary N) is 2. The Balaban J connectivity index is 1.47. The highest BCUT2D eigenvalue weighted by molar-refractivity contribution is 5.77. The number of amides is 2. The van der Waals surface area contributed by atoms with Gasteiger partial charge in [-0.2, -0.15) is 0 Å². The van der Waals surface area contributed by atoms with Crippen LogP contribution in [0.15, 0.2) is 0 Å². The second-order valence-electron chi connectivity index (χ2n) is 6.55. The zero-order valence-corrected chi connectivity index (χ0v) is 11.4. The maximum absolute atomic E-state index is 11.9. The van der Waals surface area contributed by atoms with Gasteiger partial charge >= 0.3 is 12.0 Å². The monoisotopic (exact) mass is 266 g/mol. The van der Waals surface area contributed by atoms with E-state index in [0.29, 0.717) is 17.9 Å². The number of fused-ring (bicyclic) bond motifs is 5. The summed E-state index contributed by atoms with van der Waals surface area (Å²) in [6, 6.07) is -0.217. The zero-order valence-electron chi connectivity index (χ0n) is 11.4. The maximum Gasteiger partial charge on any atom is 0.315 e. The number of aliphatic carboxylic acids is 1. The molecule has 106 valence electrons. The minimum absolute atomic E-state index is 0.209. The Morgan fingerprint density at radius 1 is 1.16 bits per heavy atom. The predicted octanol–water partition coefficient (Wildman–Crippen LogP) is 1.44. The molecule has 0 spiro atoms. The molecule has 0 aromatic carbocycles. The smallest absolute Gasteiger partial charge is 0.315 e. The highest BCUT2D eigenvalue weighted by atomic mass is 16.4. The van der Waals surface area contributed by atoms with E-state index < -0.39 is 11.9 Å². The van der Waals surface area contributed by atoms with Crippen LogP contribution in [-0.2, 0) is 4.79 Å². The fourth-order valence-electron chi connectivity index (χ4n) is 4.26. The van der Waals surface area contributed by atoms with Gasteiger partial charge in [0, 0.05) is 12.1 Å². The Bertz CT molecular complexity index is 395. The molecule has 2 bridgehead atoms. The first-order valence-electron chi connectivity index (χ1n) is 7.29. The van der Waals surface area contributed by atoms with E-state index in [2.05, 4.69) is 10.6 Å². The molecule has 0 radical (unpaired) electrons. The molecular formula is C14H22N2O3. The third kappa shape index (κ3) is 2.09. The van der Waals surface area contributed by atoms with Gasteiger partial charge in [0.15, 0.2) is 0 Å². The Morgan fingerprint density at radius 3 is 2.26 bits per heavy atom. The molecule has 3 aliphatic carbocycles. The molecule has 0 aromatic rings. The molecular weight excluding hydrogens is 244 g/mol. The van der Waals surface area contributed by atoms with Crippen LogP contribution in [-0.4, -0.2) is 29.2 Å². The lowest BCUT2D eigenvalue weighted by molar-refractivity contribution is -0.141. The lowest BCUT2D eigenvalue weighted by Crippen LogP contribution is -2.46. The van der Waals surface area contributed by atoms with Crippen molar-refractivity contribution in [3.05, 3.63) is 0 Å². The van der Waals surface area contributed by atoms with E-state index in [-0.39, 0.29) is 12.1 Å². The van der Waals surface area contributed by atoms with Gasteiger partial charge in [-0.25, -0.2) is 4.79 Å². The number of carbonyl (C=O) groups is 2. The second-order valence-corrected chi connectivity index (χ2v) is 6.55. The Kier molecular flexibility index (Phi) is 2.95. The molecule has 0 aromatic heterocycles. The number of urea groups is 1. The highest BCUT2D eigenvalue weighted by Crippen LogP contribution is 2.65. The molecule has 19 heavy (non-hydrogen) atoms. The third-order valence-corrected chi connectivity index (χ3v) is 5.53. The molecule has 5 heteroatoms. The summed E-state index contributed by atoms with van der Waals surface area (Å²) < 4.78 is 0.